The van der Waals surface area contributed by atoms with Crippen LogP contribution in [0.25, 0.3) is 0 Å². The number of ether oxygens (including phenoxy) is 2. The number of benzene rings is 1. The van der Waals surface area contributed by atoms with E-state index >= 15 is 0 Å². The lowest BCUT2D eigenvalue weighted by Crippen LogP contribution is -2.49. The summed E-state index contributed by atoms with van der Waals surface area (Å²) in [6, 6.07) is 7.41. The highest BCUT2D eigenvalue weighted by atomic mass is 35.6. The normalized spacial score (nSPS) is 24.6. The third kappa shape index (κ3) is 5.21. The van der Waals surface area contributed by atoms with Crippen molar-refractivity contribution in [1.29, 1.82) is 0 Å². The summed E-state index contributed by atoms with van der Waals surface area (Å²) in [4.78, 5) is 26.4. The van der Waals surface area contributed by atoms with Gasteiger partial charge in [-0.3, -0.25) is 0 Å². The number of carbonyl (C=O) groups is 2. The van der Waals surface area contributed by atoms with Gasteiger partial charge >= 0.3 is 12.1 Å². The van der Waals surface area contributed by atoms with Gasteiger partial charge in [-0.25, -0.2) is 9.59 Å². The SMILES string of the molecule is CCc1ccc(C(=O)OC2C[C@H]3CC[C@@H](C2)N3C(=O)OCC(Cl)(Cl)Cl)cc1. The molecule has 0 aliphatic carbocycles. The van der Waals surface area contributed by atoms with Crippen LogP contribution in [-0.4, -0.2) is 45.5 Å². The molecule has 3 atom stereocenters. The molecule has 0 aromatic heterocycles. The summed E-state index contributed by atoms with van der Waals surface area (Å²) in [5.41, 5.74) is 1.72. The molecule has 2 saturated heterocycles. The predicted octanol–water partition coefficient (Wildman–Crippen LogP) is 4.91. The minimum absolute atomic E-state index is 0.0214. The fourth-order valence-corrected chi connectivity index (χ4v) is 4.00. The molecule has 8 heteroatoms. The maximum Gasteiger partial charge on any atom is 0.410 e. The Morgan fingerprint density at radius 3 is 2.22 bits per heavy atom. The summed E-state index contributed by atoms with van der Waals surface area (Å²) < 4.78 is 9.18. The van der Waals surface area contributed by atoms with Crippen LogP contribution in [0.5, 0.6) is 0 Å². The van der Waals surface area contributed by atoms with E-state index in [4.69, 9.17) is 44.3 Å². The van der Waals surface area contributed by atoms with E-state index in [2.05, 4.69) is 6.92 Å². The molecule has 2 heterocycles. The standard InChI is InChI=1S/C19H22Cl3NO4/c1-2-12-3-5-13(6-4-12)17(24)27-16-9-14-7-8-15(10-16)23(14)18(25)26-11-19(20,21)22/h3-6,14-16H,2,7-11H2,1H3/t14-,15+,16?. The van der Waals surface area contributed by atoms with Crippen molar-refractivity contribution < 1.29 is 19.1 Å². The average Bonchev–Trinajstić information content (AvgIpc) is 2.90. The fourth-order valence-electron chi connectivity index (χ4n) is 3.84. The smallest absolute Gasteiger partial charge is 0.410 e. The number of nitrogens with zero attached hydrogens (tertiary/aromatic N) is 1. The summed E-state index contributed by atoms with van der Waals surface area (Å²) in [7, 11) is 0. The van der Waals surface area contributed by atoms with E-state index in [1.807, 2.05) is 12.1 Å². The summed E-state index contributed by atoms with van der Waals surface area (Å²) in [6.07, 6.45) is 3.13. The zero-order valence-electron chi connectivity index (χ0n) is 15.0. The van der Waals surface area contributed by atoms with Gasteiger partial charge in [0, 0.05) is 24.9 Å². The number of halogens is 3. The highest BCUT2D eigenvalue weighted by molar-refractivity contribution is 6.67. The van der Waals surface area contributed by atoms with Crippen molar-refractivity contribution in [2.45, 2.75) is 61.0 Å². The maximum atomic E-state index is 12.4. The zero-order chi connectivity index (χ0) is 19.6. The Labute approximate surface area is 173 Å². The van der Waals surface area contributed by atoms with E-state index < -0.39 is 9.89 Å². The van der Waals surface area contributed by atoms with Crippen molar-refractivity contribution in [2.24, 2.45) is 0 Å². The van der Waals surface area contributed by atoms with Crippen LogP contribution in [0.3, 0.4) is 0 Å². The molecule has 0 saturated carbocycles. The van der Waals surface area contributed by atoms with Gasteiger partial charge in [0.15, 0.2) is 0 Å². The molecule has 2 bridgehead atoms. The number of hydrogen-bond acceptors (Lipinski definition) is 4. The number of aryl methyl sites for hydroxylation is 1. The number of carbonyl (C=O) groups excluding carboxylic acids is 2. The largest absolute Gasteiger partial charge is 0.459 e. The molecular formula is C19H22Cl3NO4. The topological polar surface area (TPSA) is 55.8 Å². The quantitative estimate of drug-likeness (QED) is 0.499. The van der Waals surface area contributed by atoms with E-state index in [-0.39, 0.29) is 30.8 Å². The molecular weight excluding hydrogens is 413 g/mol. The minimum atomic E-state index is -1.63. The van der Waals surface area contributed by atoms with Gasteiger partial charge in [-0.2, -0.15) is 0 Å². The number of rotatable bonds is 4. The molecule has 1 unspecified atom stereocenters. The van der Waals surface area contributed by atoms with Crippen molar-refractivity contribution in [3.63, 3.8) is 0 Å². The summed E-state index contributed by atoms with van der Waals surface area (Å²) in [5.74, 6) is -0.325. The van der Waals surface area contributed by atoms with E-state index in [1.165, 1.54) is 5.56 Å². The van der Waals surface area contributed by atoms with Crippen LogP contribution in [0.4, 0.5) is 4.79 Å². The Kier molecular flexibility index (Phi) is 6.44. The summed E-state index contributed by atoms with van der Waals surface area (Å²) >= 11 is 16.9. The van der Waals surface area contributed by atoms with Crippen LogP contribution in [0.1, 0.15) is 48.5 Å². The second kappa shape index (κ2) is 8.46. The van der Waals surface area contributed by atoms with Crippen molar-refractivity contribution in [2.75, 3.05) is 6.61 Å². The molecule has 27 heavy (non-hydrogen) atoms. The molecule has 3 rings (SSSR count). The number of alkyl halides is 3. The zero-order valence-corrected chi connectivity index (χ0v) is 17.3. The first-order chi connectivity index (χ1) is 12.8. The van der Waals surface area contributed by atoms with E-state index in [1.54, 1.807) is 17.0 Å². The van der Waals surface area contributed by atoms with Crippen molar-refractivity contribution in [3.05, 3.63) is 35.4 Å². The van der Waals surface area contributed by atoms with Crippen molar-refractivity contribution in [3.8, 4) is 0 Å². The van der Waals surface area contributed by atoms with Crippen molar-refractivity contribution >= 4 is 46.9 Å². The fraction of sp³-hybridized carbons (Fsp3) is 0.579. The lowest BCUT2D eigenvalue weighted by molar-refractivity contribution is -0.00618. The molecule has 2 aliphatic rings. The third-order valence-electron chi connectivity index (χ3n) is 5.13. The molecule has 0 N–H and O–H groups in total. The lowest BCUT2D eigenvalue weighted by atomic mass is 10.00. The van der Waals surface area contributed by atoms with E-state index in [0.29, 0.717) is 18.4 Å². The molecule has 148 valence electrons. The van der Waals surface area contributed by atoms with Gasteiger partial charge in [-0.05, 0) is 37.0 Å². The van der Waals surface area contributed by atoms with Gasteiger partial charge in [0.2, 0.25) is 3.79 Å². The highest BCUT2D eigenvalue weighted by Crippen LogP contribution is 2.38. The number of amides is 1. The van der Waals surface area contributed by atoms with Crippen molar-refractivity contribution in [1.82, 2.24) is 4.90 Å². The van der Waals surface area contributed by atoms with Crippen LogP contribution in [-0.2, 0) is 15.9 Å². The van der Waals surface area contributed by atoms with E-state index in [9.17, 15) is 9.59 Å². The van der Waals surface area contributed by atoms with Gasteiger partial charge in [-0.1, -0.05) is 53.9 Å². The lowest BCUT2D eigenvalue weighted by Gasteiger charge is -2.37. The van der Waals surface area contributed by atoms with Gasteiger partial charge < -0.3 is 14.4 Å². The predicted molar refractivity (Wildman–Crippen MR) is 105 cm³/mol. The first-order valence-electron chi connectivity index (χ1n) is 9.08. The van der Waals surface area contributed by atoms with Crippen LogP contribution in [0.15, 0.2) is 24.3 Å². The molecule has 1 aromatic rings. The first kappa shape index (κ1) is 20.6. The Balaban J connectivity index is 1.56. The minimum Gasteiger partial charge on any atom is -0.459 e. The maximum absolute atomic E-state index is 12.4. The Bertz CT molecular complexity index is 675. The van der Waals surface area contributed by atoms with Gasteiger partial charge in [0.05, 0.1) is 5.56 Å². The van der Waals surface area contributed by atoms with Crippen LogP contribution in [0, 0.1) is 0 Å². The Morgan fingerprint density at radius 2 is 1.70 bits per heavy atom. The molecule has 0 radical (unpaired) electrons. The van der Waals surface area contributed by atoms with E-state index in [0.717, 1.165) is 19.3 Å². The average molecular weight is 435 g/mol. The van der Waals surface area contributed by atoms with Gasteiger partial charge in [-0.15, -0.1) is 0 Å². The Morgan fingerprint density at radius 1 is 1.11 bits per heavy atom. The second-order valence-corrected chi connectivity index (χ2v) is 9.53. The Hall–Kier alpha value is -1.17. The summed E-state index contributed by atoms with van der Waals surface area (Å²) in [6.45, 7) is 1.77. The molecule has 0 spiro atoms. The third-order valence-corrected chi connectivity index (χ3v) is 5.46. The molecule has 1 aromatic carbocycles. The van der Waals surface area contributed by atoms with Gasteiger partial charge in [0.1, 0.15) is 12.7 Å². The molecule has 2 fully saturated rings. The van der Waals surface area contributed by atoms with Gasteiger partial charge in [0.25, 0.3) is 0 Å². The monoisotopic (exact) mass is 433 g/mol. The van der Waals surface area contributed by atoms with Crippen LogP contribution in [0.2, 0.25) is 0 Å². The molecule has 5 nitrogen and oxygen atoms in total. The van der Waals surface area contributed by atoms with Crippen LogP contribution < -0.4 is 0 Å². The highest BCUT2D eigenvalue weighted by Gasteiger charge is 2.45. The number of fused-ring (bicyclic) bond motifs is 2. The van der Waals surface area contributed by atoms with Crippen LogP contribution >= 0.6 is 34.8 Å². The summed E-state index contributed by atoms with van der Waals surface area (Å²) in [5, 5.41) is 0. The number of hydrogen-bond donors (Lipinski definition) is 0. The number of esters is 1. The molecule has 2 aliphatic heterocycles. The number of piperidine rings is 1. The first-order valence-corrected chi connectivity index (χ1v) is 10.2. The molecule has 1 amide bonds. The second-order valence-electron chi connectivity index (χ2n) is 7.01.